The molecule has 1 heterocycles. The predicted octanol–water partition coefficient (Wildman–Crippen LogP) is 0.775. The molecule has 1 aliphatic rings. The molecule has 12 heavy (non-hydrogen) atoms. The molecule has 0 radical (unpaired) electrons. The zero-order chi connectivity index (χ0) is 8.81. The van der Waals surface area contributed by atoms with E-state index in [2.05, 4.69) is 16.3 Å². The lowest BCUT2D eigenvalue weighted by atomic mass is 9.99. The van der Waals surface area contributed by atoms with E-state index in [1.165, 1.54) is 19.4 Å². The topological polar surface area (TPSA) is 38.5 Å². The molecule has 70 valence electrons. The first-order valence-electron chi connectivity index (χ1n) is 4.51. The standard InChI is InChI=1S/C9H18N2O/c1-2-5-11-6-3-4-9(7-11)8-12-10/h2,9H,1,3-8,10H2. The third-order valence-corrected chi connectivity index (χ3v) is 2.32. The number of hydrogen-bond donors (Lipinski definition) is 1. The Morgan fingerprint density at radius 3 is 3.17 bits per heavy atom. The molecular formula is C9H18N2O. The fraction of sp³-hybridized carbons (Fsp3) is 0.778. The van der Waals surface area contributed by atoms with Gasteiger partial charge in [0, 0.05) is 13.1 Å². The summed E-state index contributed by atoms with van der Waals surface area (Å²) in [6.07, 6.45) is 4.44. The Labute approximate surface area is 74.1 Å². The molecule has 0 bridgehead atoms. The number of likely N-dealkylation sites (tertiary alicyclic amines) is 1. The average molecular weight is 170 g/mol. The quantitative estimate of drug-likeness (QED) is 0.500. The van der Waals surface area contributed by atoms with E-state index in [0.717, 1.165) is 13.1 Å². The highest BCUT2D eigenvalue weighted by Crippen LogP contribution is 2.15. The first kappa shape index (κ1) is 9.71. The number of hydrogen-bond acceptors (Lipinski definition) is 3. The maximum Gasteiger partial charge on any atom is 0.0719 e. The summed E-state index contributed by atoms with van der Waals surface area (Å²) in [6.45, 7) is 7.69. The summed E-state index contributed by atoms with van der Waals surface area (Å²) in [7, 11) is 0. The lowest BCUT2D eigenvalue weighted by Crippen LogP contribution is -2.37. The Hall–Kier alpha value is -0.380. The largest absolute Gasteiger partial charge is 0.304 e. The molecular weight excluding hydrogens is 152 g/mol. The molecule has 0 aromatic rings. The van der Waals surface area contributed by atoms with E-state index in [0.29, 0.717) is 12.5 Å². The summed E-state index contributed by atoms with van der Waals surface area (Å²) < 4.78 is 0. The molecule has 3 nitrogen and oxygen atoms in total. The van der Waals surface area contributed by atoms with Crippen molar-refractivity contribution < 1.29 is 4.84 Å². The van der Waals surface area contributed by atoms with Crippen molar-refractivity contribution in [2.45, 2.75) is 12.8 Å². The Kier molecular flexibility index (Phi) is 4.29. The zero-order valence-electron chi connectivity index (χ0n) is 7.54. The molecule has 1 saturated heterocycles. The highest BCUT2D eigenvalue weighted by atomic mass is 16.6. The number of piperidine rings is 1. The first-order chi connectivity index (χ1) is 5.86. The Morgan fingerprint density at radius 1 is 1.67 bits per heavy atom. The monoisotopic (exact) mass is 170 g/mol. The summed E-state index contributed by atoms with van der Waals surface area (Å²) in [6, 6.07) is 0. The second kappa shape index (κ2) is 5.30. The molecule has 0 amide bonds. The highest BCUT2D eigenvalue weighted by molar-refractivity contribution is 4.78. The van der Waals surface area contributed by atoms with Crippen LogP contribution in [-0.4, -0.2) is 31.1 Å². The normalized spacial score (nSPS) is 25.6. The van der Waals surface area contributed by atoms with Gasteiger partial charge in [0.1, 0.15) is 0 Å². The van der Waals surface area contributed by atoms with E-state index >= 15 is 0 Å². The fourth-order valence-electron chi connectivity index (χ4n) is 1.77. The fourth-order valence-corrected chi connectivity index (χ4v) is 1.77. The molecule has 1 unspecified atom stereocenters. The van der Waals surface area contributed by atoms with Crippen LogP contribution in [0.2, 0.25) is 0 Å². The Morgan fingerprint density at radius 2 is 2.50 bits per heavy atom. The highest BCUT2D eigenvalue weighted by Gasteiger charge is 2.18. The SMILES string of the molecule is C=CCN1CCCC(CON)C1. The van der Waals surface area contributed by atoms with Crippen LogP contribution in [0, 0.1) is 5.92 Å². The van der Waals surface area contributed by atoms with E-state index < -0.39 is 0 Å². The van der Waals surface area contributed by atoms with Crippen LogP contribution in [0.3, 0.4) is 0 Å². The van der Waals surface area contributed by atoms with Gasteiger partial charge in [-0.05, 0) is 25.3 Å². The second-order valence-corrected chi connectivity index (χ2v) is 3.39. The molecule has 1 atom stereocenters. The van der Waals surface area contributed by atoms with Gasteiger partial charge in [-0.2, -0.15) is 0 Å². The minimum Gasteiger partial charge on any atom is -0.304 e. The van der Waals surface area contributed by atoms with Gasteiger partial charge < -0.3 is 4.84 Å². The van der Waals surface area contributed by atoms with Crippen LogP contribution in [0.5, 0.6) is 0 Å². The molecule has 1 rings (SSSR count). The smallest absolute Gasteiger partial charge is 0.0719 e. The molecule has 0 spiro atoms. The molecule has 0 aromatic heterocycles. The van der Waals surface area contributed by atoms with Crippen molar-refractivity contribution in [2.24, 2.45) is 11.8 Å². The summed E-state index contributed by atoms with van der Waals surface area (Å²) in [4.78, 5) is 7.04. The molecule has 0 aromatic carbocycles. The third-order valence-electron chi connectivity index (χ3n) is 2.32. The van der Waals surface area contributed by atoms with Crippen molar-refractivity contribution in [3.63, 3.8) is 0 Å². The Balaban J connectivity index is 2.24. The predicted molar refractivity (Wildman–Crippen MR) is 49.5 cm³/mol. The molecule has 2 N–H and O–H groups in total. The van der Waals surface area contributed by atoms with Gasteiger partial charge in [0.25, 0.3) is 0 Å². The van der Waals surface area contributed by atoms with E-state index in [9.17, 15) is 0 Å². The Bertz CT molecular complexity index is 136. The zero-order valence-corrected chi connectivity index (χ0v) is 7.54. The number of nitrogens with two attached hydrogens (primary N) is 1. The first-order valence-corrected chi connectivity index (χ1v) is 4.51. The average Bonchev–Trinajstić information content (AvgIpc) is 2.06. The van der Waals surface area contributed by atoms with Gasteiger partial charge in [0.05, 0.1) is 6.61 Å². The maximum absolute atomic E-state index is 5.04. The molecule has 1 aliphatic heterocycles. The van der Waals surface area contributed by atoms with Crippen molar-refractivity contribution in [1.29, 1.82) is 0 Å². The van der Waals surface area contributed by atoms with Crippen LogP contribution in [0.4, 0.5) is 0 Å². The van der Waals surface area contributed by atoms with E-state index in [4.69, 9.17) is 5.90 Å². The molecule has 0 saturated carbocycles. The van der Waals surface area contributed by atoms with Crippen LogP contribution in [0.25, 0.3) is 0 Å². The minimum absolute atomic E-state index is 0.615. The number of rotatable bonds is 4. The van der Waals surface area contributed by atoms with E-state index in [1.807, 2.05) is 6.08 Å². The van der Waals surface area contributed by atoms with Crippen molar-refractivity contribution in [2.75, 3.05) is 26.2 Å². The van der Waals surface area contributed by atoms with Crippen molar-refractivity contribution in [3.8, 4) is 0 Å². The van der Waals surface area contributed by atoms with Gasteiger partial charge in [-0.15, -0.1) is 6.58 Å². The molecule has 0 aliphatic carbocycles. The van der Waals surface area contributed by atoms with Crippen molar-refractivity contribution in [3.05, 3.63) is 12.7 Å². The molecule has 1 fully saturated rings. The van der Waals surface area contributed by atoms with Gasteiger partial charge in [-0.3, -0.25) is 4.90 Å². The molecule has 3 heteroatoms. The van der Waals surface area contributed by atoms with Gasteiger partial charge in [-0.25, -0.2) is 5.90 Å². The van der Waals surface area contributed by atoms with E-state index in [-0.39, 0.29) is 0 Å². The van der Waals surface area contributed by atoms with Crippen LogP contribution >= 0.6 is 0 Å². The van der Waals surface area contributed by atoms with Crippen LogP contribution in [0.1, 0.15) is 12.8 Å². The summed E-state index contributed by atoms with van der Waals surface area (Å²) in [5, 5.41) is 0. The van der Waals surface area contributed by atoms with Gasteiger partial charge >= 0.3 is 0 Å². The maximum atomic E-state index is 5.04. The van der Waals surface area contributed by atoms with Gasteiger partial charge in [0.15, 0.2) is 0 Å². The van der Waals surface area contributed by atoms with Crippen LogP contribution in [0.15, 0.2) is 12.7 Å². The second-order valence-electron chi connectivity index (χ2n) is 3.39. The third kappa shape index (κ3) is 2.93. The summed E-state index contributed by atoms with van der Waals surface area (Å²) in [5.74, 6) is 5.65. The van der Waals surface area contributed by atoms with Gasteiger partial charge in [0.2, 0.25) is 0 Å². The summed E-state index contributed by atoms with van der Waals surface area (Å²) in [5.41, 5.74) is 0. The van der Waals surface area contributed by atoms with Crippen molar-refractivity contribution >= 4 is 0 Å². The minimum atomic E-state index is 0.615. The lowest BCUT2D eigenvalue weighted by Gasteiger charge is -2.31. The lowest BCUT2D eigenvalue weighted by molar-refractivity contribution is 0.0642. The van der Waals surface area contributed by atoms with Crippen LogP contribution in [-0.2, 0) is 4.84 Å². The van der Waals surface area contributed by atoms with Crippen molar-refractivity contribution in [1.82, 2.24) is 4.90 Å². The number of nitrogens with zero attached hydrogens (tertiary/aromatic N) is 1. The van der Waals surface area contributed by atoms with Gasteiger partial charge in [-0.1, -0.05) is 6.08 Å². The summed E-state index contributed by atoms with van der Waals surface area (Å²) >= 11 is 0. The van der Waals surface area contributed by atoms with E-state index in [1.54, 1.807) is 0 Å². The van der Waals surface area contributed by atoms with Crippen LogP contribution < -0.4 is 5.90 Å².